The van der Waals surface area contributed by atoms with Gasteiger partial charge < -0.3 is 5.32 Å². The van der Waals surface area contributed by atoms with Crippen LogP contribution in [0.1, 0.15) is 12.0 Å². The predicted molar refractivity (Wildman–Crippen MR) is 89.8 cm³/mol. The van der Waals surface area contributed by atoms with Gasteiger partial charge >= 0.3 is 0 Å². The molecule has 2 rings (SSSR count). The van der Waals surface area contributed by atoms with E-state index in [0.29, 0.717) is 0 Å². The van der Waals surface area contributed by atoms with Gasteiger partial charge in [-0.2, -0.15) is 0 Å². The van der Waals surface area contributed by atoms with Gasteiger partial charge in [-0.05, 0) is 61.5 Å². The van der Waals surface area contributed by atoms with E-state index < -0.39 is 0 Å². The summed E-state index contributed by atoms with van der Waals surface area (Å²) in [6, 6.07) is 18.7. The van der Waals surface area contributed by atoms with Crippen molar-refractivity contribution in [3.05, 3.63) is 65.2 Å². The van der Waals surface area contributed by atoms with Gasteiger partial charge in [0.2, 0.25) is 0 Å². The van der Waals surface area contributed by atoms with Crippen LogP contribution >= 0.6 is 23.4 Å². The molecule has 2 aromatic carbocycles. The Morgan fingerprint density at radius 3 is 2.40 bits per heavy atom. The minimum absolute atomic E-state index is 0.803. The molecule has 0 saturated carbocycles. The molecule has 20 heavy (non-hydrogen) atoms. The van der Waals surface area contributed by atoms with Crippen molar-refractivity contribution in [1.29, 1.82) is 0 Å². The molecule has 0 aromatic heterocycles. The molecule has 0 aliphatic carbocycles. The lowest BCUT2D eigenvalue weighted by Gasteiger charge is -2.05. The number of nitrogens with one attached hydrogen (secondary N) is 1. The van der Waals surface area contributed by atoms with Crippen molar-refractivity contribution < 1.29 is 0 Å². The number of rotatable bonds is 8. The molecule has 1 N–H and O–H groups in total. The highest BCUT2D eigenvalue weighted by atomic mass is 35.5. The summed E-state index contributed by atoms with van der Waals surface area (Å²) >= 11 is 7.75. The average Bonchev–Trinajstić information content (AvgIpc) is 2.49. The first-order valence-corrected chi connectivity index (χ1v) is 8.34. The van der Waals surface area contributed by atoms with E-state index in [1.165, 1.54) is 16.9 Å². The monoisotopic (exact) mass is 305 g/mol. The zero-order valence-electron chi connectivity index (χ0n) is 11.5. The second-order valence-corrected chi connectivity index (χ2v) is 6.25. The van der Waals surface area contributed by atoms with Gasteiger partial charge in [0.25, 0.3) is 0 Å². The van der Waals surface area contributed by atoms with Gasteiger partial charge in [0, 0.05) is 9.92 Å². The van der Waals surface area contributed by atoms with Crippen LogP contribution in [0.3, 0.4) is 0 Å². The number of hydrogen-bond acceptors (Lipinski definition) is 2. The molecule has 1 nitrogen and oxygen atoms in total. The highest BCUT2D eigenvalue weighted by Crippen LogP contribution is 2.20. The fraction of sp³-hybridized carbons (Fsp3) is 0.294. The summed E-state index contributed by atoms with van der Waals surface area (Å²) in [6.45, 7) is 2.13. The van der Waals surface area contributed by atoms with Gasteiger partial charge in [-0.15, -0.1) is 11.8 Å². The van der Waals surface area contributed by atoms with Gasteiger partial charge in [0.15, 0.2) is 0 Å². The summed E-state index contributed by atoms with van der Waals surface area (Å²) in [4.78, 5) is 1.29. The molecule has 0 amide bonds. The molecule has 3 heteroatoms. The molecule has 0 atom stereocenters. The first-order chi connectivity index (χ1) is 9.84. The minimum atomic E-state index is 0.803. The first kappa shape index (κ1) is 15.4. The van der Waals surface area contributed by atoms with E-state index in [9.17, 15) is 0 Å². The molecule has 106 valence electrons. The highest BCUT2D eigenvalue weighted by molar-refractivity contribution is 7.99. The number of benzene rings is 2. The summed E-state index contributed by atoms with van der Waals surface area (Å²) in [7, 11) is 0. The lowest BCUT2D eigenvalue weighted by molar-refractivity contribution is 0.674. The first-order valence-electron chi connectivity index (χ1n) is 6.97. The van der Waals surface area contributed by atoms with Gasteiger partial charge in [0.1, 0.15) is 0 Å². The zero-order valence-corrected chi connectivity index (χ0v) is 13.1. The Bertz CT molecular complexity index is 484. The molecule has 0 radical (unpaired) electrons. The fourth-order valence-corrected chi connectivity index (χ4v) is 2.90. The Balaban J connectivity index is 1.51. The third-order valence-corrected chi connectivity index (χ3v) is 4.36. The van der Waals surface area contributed by atoms with Crippen molar-refractivity contribution in [3.63, 3.8) is 0 Å². The predicted octanol–water partition coefficient (Wildman–Crippen LogP) is 4.65. The van der Waals surface area contributed by atoms with E-state index in [0.717, 1.165) is 30.3 Å². The Morgan fingerprint density at radius 1 is 0.900 bits per heavy atom. The third-order valence-electron chi connectivity index (χ3n) is 3.01. The minimum Gasteiger partial charge on any atom is -0.316 e. The van der Waals surface area contributed by atoms with Crippen molar-refractivity contribution >= 4 is 23.4 Å². The largest absolute Gasteiger partial charge is 0.316 e. The lowest BCUT2D eigenvalue weighted by Crippen LogP contribution is -2.18. The normalized spacial score (nSPS) is 10.7. The van der Waals surface area contributed by atoms with Crippen molar-refractivity contribution in [3.8, 4) is 0 Å². The lowest BCUT2D eigenvalue weighted by atomic mass is 10.1. The Labute approximate surface area is 130 Å². The molecular formula is C17H20ClNS. The maximum atomic E-state index is 5.86. The van der Waals surface area contributed by atoms with Crippen LogP contribution in [0, 0.1) is 0 Å². The van der Waals surface area contributed by atoms with E-state index >= 15 is 0 Å². The van der Waals surface area contributed by atoms with Gasteiger partial charge in [-0.1, -0.05) is 41.9 Å². The molecule has 2 aromatic rings. The van der Waals surface area contributed by atoms with Gasteiger partial charge in [-0.25, -0.2) is 0 Å². The molecule has 0 unspecified atom stereocenters. The van der Waals surface area contributed by atoms with Crippen LogP contribution in [0.4, 0.5) is 0 Å². The molecule has 0 bridgehead atoms. The standard InChI is InChI=1S/C17H20ClNS/c18-16-7-9-17(10-8-16)20-14-4-12-19-13-11-15-5-2-1-3-6-15/h1-3,5-10,19H,4,11-14H2. The van der Waals surface area contributed by atoms with Crippen LogP contribution in [-0.4, -0.2) is 18.8 Å². The summed E-state index contributed by atoms with van der Waals surface area (Å²) in [5.41, 5.74) is 1.40. The molecule has 0 aliphatic rings. The number of thioether (sulfide) groups is 1. The summed E-state index contributed by atoms with van der Waals surface area (Å²) in [6.07, 6.45) is 2.28. The summed E-state index contributed by atoms with van der Waals surface area (Å²) < 4.78 is 0. The molecule has 0 aliphatic heterocycles. The molecular weight excluding hydrogens is 286 g/mol. The van der Waals surface area contributed by atoms with Crippen LogP contribution in [0.25, 0.3) is 0 Å². The second-order valence-electron chi connectivity index (χ2n) is 4.64. The molecule has 0 saturated heterocycles. The summed E-state index contributed by atoms with van der Waals surface area (Å²) in [5, 5.41) is 4.30. The highest BCUT2D eigenvalue weighted by Gasteiger charge is 1.95. The van der Waals surface area contributed by atoms with Crippen LogP contribution in [0.5, 0.6) is 0 Å². The van der Waals surface area contributed by atoms with Gasteiger partial charge in [-0.3, -0.25) is 0 Å². The topological polar surface area (TPSA) is 12.0 Å². The van der Waals surface area contributed by atoms with Gasteiger partial charge in [0.05, 0.1) is 0 Å². The number of halogens is 1. The smallest absolute Gasteiger partial charge is 0.0406 e. The Kier molecular flexibility index (Phi) is 6.99. The van der Waals surface area contributed by atoms with E-state index in [-0.39, 0.29) is 0 Å². The van der Waals surface area contributed by atoms with E-state index in [1.807, 2.05) is 23.9 Å². The van der Waals surface area contributed by atoms with Crippen molar-refractivity contribution in [2.75, 3.05) is 18.8 Å². The molecule has 0 heterocycles. The van der Waals surface area contributed by atoms with Crippen LogP contribution < -0.4 is 5.32 Å². The van der Waals surface area contributed by atoms with Crippen molar-refractivity contribution in [1.82, 2.24) is 5.32 Å². The molecule has 0 spiro atoms. The average molecular weight is 306 g/mol. The zero-order chi connectivity index (χ0) is 14.0. The Morgan fingerprint density at radius 2 is 1.65 bits per heavy atom. The van der Waals surface area contributed by atoms with Crippen LogP contribution in [0.15, 0.2) is 59.5 Å². The SMILES string of the molecule is Clc1ccc(SCCCNCCc2ccccc2)cc1. The summed E-state index contributed by atoms with van der Waals surface area (Å²) in [5.74, 6) is 1.14. The second kappa shape index (κ2) is 9.06. The van der Waals surface area contributed by atoms with Crippen LogP contribution in [-0.2, 0) is 6.42 Å². The number of hydrogen-bond donors (Lipinski definition) is 1. The fourth-order valence-electron chi connectivity index (χ4n) is 1.92. The Hall–Kier alpha value is -0.960. The molecule has 0 fully saturated rings. The van der Waals surface area contributed by atoms with Crippen molar-refractivity contribution in [2.24, 2.45) is 0 Å². The van der Waals surface area contributed by atoms with Crippen molar-refractivity contribution in [2.45, 2.75) is 17.7 Å². The maximum Gasteiger partial charge on any atom is 0.0406 e. The van der Waals surface area contributed by atoms with E-state index in [1.54, 1.807) is 0 Å². The van der Waals surface area contributed by atoms with Crippen LogP contribution in [0.2, 0.25) is 5.02 Å². The quantitative estimate of drug-likeness (QED) is 0.562. The maximum absolute atomic E-state index is 5.86. The van der Waals surface area contributed by atoms with E-state index in [2.05, 4.69) is 47.8 Å². The third kappa shape index (κ3) is 6.00. The van der Waals surface area contributed by atoms with E-state index in [4.69, 9.17) is 11.6 Å².